The lowest BCUT2D eigenvalue weighted by Crippen LogP contribution is -2.18. The summed E-state index contributed by atoms with van der Waals surface area (Å²) in [7, 11) is -3.20. The molecule has 166 valence electrons. The van der Waals surface area contributed by atoms with Crippen LogP contribution in [0.2, 0.25) is 0 Å². The molecule has 3 rings (SSSR count). The summed E-state index contributed by atoms with van der Waals surface area (Å²) in [6, 6.07) is 11.8. The first-order valence-electron chi connectivity index (χ1n) is 10.9. The van der Waals surface area contributed by atoms with Gasteiger partial charge in [-0.1, -0.05) is 84.0 Å². The summed E-state index contributed by atoms with van der Waals surface area (Å²) < 4.78 is 20.5. The van der Waals surface area contributed by atoms with Gasteiger partial charge in [0.15, 0.2) is 0 Å². The summed E-state index contributed by atoms with van der Waals surface area (Å²) in [5.74, 6) is 1.000. The molecule has 0 saturated heterocycles. The Hall–Kier alpha value is -2.25. The smallest absolute Gasteiger partial charge is 0.281 e. The van der Waals surface area contributed by atoms with Gasteiger partial charge in [0.1, 0.15) is 11.5 Å². The second-order valence-corrected chi connectivity index (χ2v) is 12.8. The Morgan fingerprint density at radius 2 is 1.55 bits per heavy atom. The Morgan fingerprint density at radius 3 is 2.06 bits per heavy atom. The highest BCUT2D eigenvalue weighted by Crippen LogP contribution is 2.64. The van der Waals surface area contributed by atoms with E-state index in [1.54, 1.807) is 0 Å². The van der Waals surface area contributed by atoms with Crippen LogP contribution in [-0.4, -0.2) is 5.11 Å². The van der Waals surface area contributed by atoms with Crippen molar-refractivity contribution < 1.29 is 14.2 Å². The van der Waals surface area contributed by atoms with E-state index in [1.807, 2.05) is 62.4 Å². The van der Waals surface area contributed by atoms with Gasteiger partial charge in [-0.25, -0.2) is 0 Å². The molecule has 1 unspecified atom stereocenters. The molecule has 2 aromatic rings. The molecule has 0 aromatic heterocycles. The monoisotopic (exact) mass is 438 g/mol. The predicted molar refractivity (Wildman–Crippen MR) is 131 cm³/mol. The van der Waals surface area contributed by atoms with Crippen molar-refractivity contribution in [2.75, 3.05) is 0 Å². The van der Waals surface area contributed by atoms with E-state index in [-0.39, 0.29) is 17.0 Å². The summed E-state index contributed by atoms with van der Waals surface area (Å²) in [6.45, 7) is 16.5. The van der Waals surface area contributed by atoms with Crippen molar-refractivity contribution in [2.45, 2.75) is 72.4 Å². The molecule has 4 heteroatoms. The maximum absolute atomic E-state index is 14.3. The second-order valence-electron chi connectivity index (χ2n) is 10.5. The molecule has 0 aliphatic carbocycles. The fourth-order valence-corrected chi connectivity index (χ4v) is 6.62. The van der Waals surface area contributed by atoms with Crippen molar-refractivity contribution in [1.82, 2.24) is 0 Å². The number of allylic oxidation sites excluding steroid dienone is 4. The Balaban J connectivity index is 2.19. The standard InChI is InChI=1S/C27H35O3P/c1-9-12-24-18(2)20-13-10-11-14-23(20)30-31(24,29)17-19-15-21(26(3,4)5)25(28)22(16-19)27(6,7)8/h9-16,28H,17H2,1-8H3/b12-9-. The lowest BCUT2D eigenvalue weighted by Gasteiger charge is -2.31. The first-order valence-corrected chi connectivity index (χ1v) is 12.7. The van der Waals surface area contributed by atoms with Crippen molar-refractivity contribution >= 4 is 12.9 Å². The summed E-state index contributed by atoms with van der Waals surface area (Å²) in [5, 5.41) is 11.8. The molecule has 1 heterocycles. The maximum atomic E-state index is 14.3. The molecule has 1 aliphatic rings. The highest BCUT2D eigenvalue weighted by atomic mass is 31.2. The number of hydrogen-bond donors (Lipinski definition) is 1. The average molecular weight is 439 g/mol. The van der Waals surface area contributed by atoms with Gasteiger partial charge in [-0.3, -0.25) is 4.57 Å². The van der Waals surface area contributed by atoms with Gasteiger partial charge in [0.2, 0.25) is 0 Å². The molecule has 1 aliphatic heterocycles. The molecule has 0 radical (unpaired) electrons. The number of fused-ring (bicyclic) bond motifs is 1. The Kier molecular flexibility index (Phi) is 6.06. The van der Waals surface area contributed by atoms with Crippen LogP contribution in [0.15, 0.2) is 53.9 Å². The van der Waals surface area contributed by atoms with E-state index in [0.717, 1.165) is 33.1 Å². The van der Waals surface area contributed by atoms with Gasteiger partial charge in [-0.2, -0.15) is 0 Å². The van der Waals surface area contributed by atoms with E-state index in [9.17, 15) is 9.67 Å². The van der Waals surface area contributed by atoms with Crippen LogP contribution in [0.1, 0.15) is 77.6 Å². The minimum atomic E-state index is -3.20. The fourth-order valence-electron chi connectivity index (χ4n) is 4.14. The zero-order valence-corrected chi connectivity index (χ0v) is 20.9. The highest BCUT2D eigenvalue weighted by molar-refractivity contribution is 7.63. The number of hydrogen-bond acceptors (Lipinski definition) is 3. The predicted octanol–water partition coefficient (Wildman–Crippen LogP) is 8.17. The van der Waals surface area contributed by atoms with Gasteiger partial charge in [-0.15, -0.1) is 0 Å². The molecule has 0 fully saturated rings. The molecule has 0 saturated carbocycles. The quantitative estimate of drug-likeness (QED) is 0.492. The number of para-hydroxylation sites is 1. The van der Waals surface area contributed by atoms with E-state index < -0.39 is 7.37 Å². The van der Waals surface area contributed by atoms with Crippen molar-refractivity contribution in [3.8, 4) is 11.5 Å². The van der Waals surface area contributed by atoms with E-state index in [0.29, 0.717) is 11.5 Å². The maximum Gasteiger partial charge on any atom is 0.281 e. The van der Waals surface area contributed by atoms with Crippen LogP contribution in [0.5, 0.6) is 11.5 Å². The first kappa shape index (κ1) is 23.4. The van der Waals surface area contributed by atoms with E-state index in [1.165, 1.54) is 0 Å². The molecule has 31 heavy (non-hydrogen) atoms. The first-order chi connectivity index (χ1) is 14.3. The second kappa shape index (κ2) is 8.02. The van der Waals surface area contributed by atoms with Crippen LogP contribution < -0.4 is 4.52 Å². The van der Waals surface area contributed by atoms with Crippen LogP contribution in [0, 0.1) is 0 Å². The normalized spacial score (nSPS) is 19.5. The third-order valence-electron chi connectivity index (χ3n) is 5.79. The largest absolute Gasteiger partial charge is 0.507 e. The average Bonchev–Trinajstić information content (AvgIpc) is 2.64. The van der Waals surface area contributed by atoms with E-state index >= 15 is 0 Å². The summed E-state index contributed by atoms with van der Waals surface area (Å²) in [4.78, 5) is 0. The topological polar surface area (TPSA) is 46.5 Å². The zero-order valence-electron chi connectivity index (χ0n) is 20.0. The van der Waals surface area contributed by atoms with Gasteiger partial charge in [0.05, 0.1) is 11.5 Å². The van der Waals surface area contributed by atoms with Crippen molar-refractivity contribution in [1.29, 1.82) is 0 Å². The van der Waals surface area contributed by atoms with Crippen molar-refractivity contribution in [3.63, 3.8) is 0 Å². The third kappa shape index (κ3) is 4.53. The minimum absolute atomic E-state index is 0.244. The van der Waals surface area contributed by atoms with Crippen LogP contribution in [0.25, 0.3) is 5.57 Å². The number of phenolic OH excluding ortho intramolecular Hbond substituents is 1. The lowest BCUT2D eigenvalue weighted by molar-refractivity contribution is 0.422. The Bertz CT molecular complexity index is 1070. The van der Waals surface area contributed by atoms with Crippen molar-refractivity contribution in [3.05, 3.63) is 76.1 Å². The summed E-state index contributed by atoms with van der Waals surface area (Å²) >= 11 is 0. The molecule has 0 spiro atoms. The fraction of sp³-hybridized carbons (Fsp3) is 0.407. The molecule has 0 amide bonds. The van der Waals surface area contributed by atoms with Gasteiger partial charge in [-0.05, 0) is 53.0 Å². The number of phenols is 1. The molecule has 2 aromatic carbocycles. The SMILES string of the molecule is C/C=C\C1=C(C)c2ccccc2OP1(=O)Cc1cc(C(C)(C)C)c(O)c(C(C)(C)C)c1. The third-order valence-corrected chi connectivity index (χ3v) is 8.28. The van der Waals surface area contributed by atoms with Crippen LogP contribution in [0.3, 0.4) is 0 Å². The molecular weight excluding hydrogens is 403 g/mol. The summed E-state index contributed by atoms with van der Waals surface area (Å²) in [6.07, 6.45) is 4.12. The van der Waals surface area contributed by atoms with E-state index in [4.69, 9.17) is 4.52 Å². The Morgan fingerprint density at radius 1 is 1.00 bits per heavy atom. The zero-order chi connectivity index (χ0) is 23.2. The molecule has 3 nitrogen and oxygen atoms in total. The van der Waals surface area contributed by atoms with Gasteiger partial charge >= 0.3 is 0 Å². The van der Waals surface area contributed by atoms with Gasteiger partial charge < -0.3 is 9.63 Å². The number of aromatic hydroxyl groups is 1. The highest BCUT2D eigenvalue weighted by Gasteiger charge is 2.37. The van der Waals surface area contributed by atoms with Crippen LogP contribution >= 0.6 is 7.37 Å². The Labute approximate surface area is 187 Å². The van der Waals surface area contributed by atoms with Gasteiger partial charge in [0.25, 0.3) is 7.37 Å². The van der Waals surface area contributed by atoms with Crippen LogP contribution in [0.4, 0.5) is 0 Å². The van der Waals surface area contributed by atoms with Crippen molar-refractivity contribution in [2.24, 2.45) is 0 Å². The van der Waals surface area contributed by atoms with Gasteiger partial charge in [0, 0.05) is 5.56 Å². The molecule has 0 bridgehead atoms. The number of benzene rings is 2. The molecule has 1 atom stereocenters. The molecular formula is C27H35O3P. The van der Waals surface area contributed by atoms with Crippen LogP contribution in [-0.2, 0) is 21.6 Å². The van der Waals surface area contributed by atoms with E-state index in [2.05, 4.69) is 41.5 Å². The minimum Gasteiger partial charge on any atom is -0.507 e. The summed E-state index contributed by atoms with van der Waals surface area (Å²) in [5.41, 5.74) is 4.15. The number of rotatable bonds is 3. The lowest BCUT2D eigenvalue weighted by atomic mass is 9.78. The molecule has 1 N–H and O–H groups in total.